The topological polar surface area (TPSA) is 85.8 Å². The maximum Gasteiger partial charge on any atom is 0.220 e. The number of hydrogen-bond donors (Lipinski definition) is 1. The van der Waals surface area contributed by atoms with Gasteiger partial charge in [0, 0.05) is 44.1 Å². The number of aryl methyl sites for hydroxylation is 4. The zero-order valence-corrected chi connectivity index (χ0v) is 15.6. The van der Waals surface area contributed by atoms with E-state index in [1.807, 2.05) is 36.0 Å². The number of aromatic nitrogens is 4. The van der Waals surface area contributed by atoms with Crippen molar-refractivity contribution in [1.82, 2.24) is 25.3 Å². The molecule has 1 N–H and O–H groups in total. The molecule has 1 amide bonds. The summed E-state index contributed by atoms with van der Waals surface area (Å²) in [5, 5.41) is 15.2. The van der Waals surface area contributed by atoms with Gasteiger partial charge in [0.25, 0.3) is 0 Å². The molecule has 0 unspecified atom stereocenters. The van der Waals surface area contributed by atoms with Crippen LogP contribution in [0.2, 0.25) is 0 Å². The maximum atomic E-state index is 12.0. The maximum absolute atomic E-state index is 12.0. The fourth-order valence-corrected chi connectivity index (χ4v) is 2.76. The van der Waals surface area contributed by atoms with E-state index in [1.165, 1.54) is 5.56 Å². The molecule has 0 spiro atoms. The monoisotopic (exact) mass is 367 g/mol. The van der Waals surface area contributed by atoms with Gasteiger partial charge in [0.15, 0.2) is 0 Å². The third-order valence-electron chi connectivity index (χ3n) is 4.27. The van der Waals surface area contributed by atoms with Gasteiger partial charge in [-0.1, -0.05) is 30.3 Å². The van der Waals surface area contributed by atoms with Crippen LogP contribution in [-0.4, -0.2) is 25.9 Å². The van der Waals surface area contributed by atoms with Gasteiger partial charge in [0.2, 0.25) is 17.7 Å². The molecule has 2 heterocycles. The van der Waals surface area contributed by atoms with E-state index in [-0.39, 0.29) is 5.91 Å². The Bertz CT molecular complexity index is 841. The van der Waals surface area contributed by atoms with Crippen LogP contribution in [0, 0.1) is 0 Å². The molecule has 0 bridgehead atoms. The number of nitrogens with one attached hydrogen (secondary N) is 1. The highest BCUT2D eigenvalue weighted by atomic mass is 16.4. The number of nitrogens with zero attached hydrogens (tertiary/aromatic N) is 4. The number of carbonyl (C=O) groups is 1. The standard InChI is InChI=1S/C20H25N5O2/c1-2-25-15-17(14-22-25)13-21-18(26)11-12-20-24-23-19(27-20)10-6-9-16-7-4-3-5-8-16/h3-5,7-8,14-15H,2,6,9-13H2,1H3,(H,21,26). The first-order valence-corrected chi connectivity index (χ1v) is 9.36. The first-order valence-electron chi connectivity index (χ1n) is 9.36. The average Bonchev–Trinajstić information content (AvgIpc) is 3.35. The van der Waals surface area contributed by atoms with Crippen molar-refractivity contribution in [3.8, 4) is 0 Å². The quantitative estimate of drug-likeness (QED) is 0.595. The van der Waals surface area contributed by atoms with Crippen LogP contribution in [0.25, 0.3) is 0 Å². The second-order valence-electron chi connectivity index (χ2n) is 6.41. The fourth-order valence-electron chi connectivity index (χ4n) is 2.76. The summed E-state index contributed by atoms with van der Waals surface area (Å²) < 4.78 is 7.47. The molecule has 0 fully saturated rings. The first-order chi connectivity index (χ1) is 13.2. The molecule has 142 valence electrons. The normalized spacial score (nSPS) is 10.9. The summed E-state index contributed by atoms with van der Waals surface area (Å²) in [4.78, 5) is 12.0. The molecule has 0 atom stereocenters. The Labute approximate surface area is 158 Å². The number of carbonyl (C=O) groups excluding carboxylic acids is 1. The summed E-state index contributed by atoms with van der Waals surface area (Å²) in [6.45, 7) is 3.32. The van der Waals surface area contributed by atoms with Crippen LogP contribution >= 0.6 is 0 Å². The lowest BCUT2D eigenvalue weighted by molar-refractivity contribution is -0.121. The summed E-state index contributed by atoms with van der Waals surface area (Å²) in [5.41, 5.74) is 2.29. The van der Waals surface area contributed by atoms with Gasteiger partial charge in [-0.15, -0.1) is 10.2 Å². The third kappa shape index (κ3) is 6.06. The van der Waals surface area contributed by atoms with Crippen molar-refractivity contribution in [1.29, 1.82) is 0 Å². The molecule has 0 aliphatic heterocycles. The molecular formula is C20H25N5O2. The van der Waals surface area contributed by atoms with Gasteiger partial charge in [-0.3, -0.25) is 9.48 Å². The Hall–Kier alpha value is -2.96. The van der Waals surface area contributed by atoms with Crippen molar-refractivity contribution in [3.05, 3.63) is 65.6 Å². The van der Waals surface area contributed by atoms with Crippen LogP contribution in [-0.2, 0) is 37.1 Å². The summed E-state index contributed by atoms with van der Waals surface area (Å²) in [7, 11) is 0. The van der Waals surface area contributed by atoms with Crippen molar-refractivity contribution < 1.29 is 9.21 Å². The molecule has 7 heteroatoms. The highest BCUT2D eigenvalue weighted by Crippen LogP contribution is 2.09. The Morgan fingerprint density at radius 1 is 1.07 bits per heavy atom. The fraction of sp³-hybridized carbons (Fsp3) is 0.400. The number of benzene rings is 1. The number of amides is 1. The molecule has 0 aliphatic carbocycles. The molecule has 0 saturated heterocycles. The van der Waals surface area contributed by atoms with Crippen molar-refractivity contribution >= 4 is 5.91 Å². The highest BCUT2D eigenvalue weighted by molar-refractivity contribution is 5.75. The van der Waals surface area contributed by atoms with Crippen molar-refractivity contribution in [3.63, 3.8) is 0 Å². The van der Waals surface area contributed by atoms with E-state index in [0.717, 1.165) is 31.4 Å². The van der Waals surface area contributed by atoms with Gasteiger partial charge in [-0.25, -0.2) is 0 Å². The Morgan fingerprint density at radius 2 is 1.85 bits per heavy atom. The SMILES string of the molecule is CCn1cc(CNC(=O)CCc2nnc(CCCc3ccccc3)o2)cn1. The molecule has 0 aliphatic rings. The van der Waals surface area contributed by atoms with Crippen LogP contribution < -0.4 is 5.32 Å². The first kappa shape index (κ1) is 18.8. The largest absolute Gasteiger partial charge is 0.425 e. The van der Waals surface area contributed by atoms with Gasteiger partial charge in [0.05, 0.1) is 6.20 Å². The predicted octanol–water partition coefficient (Wildman–Crippen LogP) is 2.71. The van der Waals surface area contributed by atoms with E-state index < -0.39 is 0 Å². The van der Waals surface area contributed by atoms with Crippen molar-refractivity contribution in [2.45, 2.75) is 52.1 Å². The molecule has 27 heavy (non-hydrogen) atoms. The van der Waals surface area contributed by atoms with Gasteiger partial charge < -0.3 is 9.73 Å². The zero-order chi connectivity index (χ0) is 18.9. The Balaban J connectivity index is 1.35. The summed E-state index contributed by atoms with van der Waals surface area (Å²) in [5.74, 6) is 1.11. The van der Waals surface area contributed by atoms with E-state index in [4.69, 9.17) is 4.42 Å². The van der Waals surface area contributed by atoms with Crippen LogP contribution in [0.5, 0.6) is 0 Å². The minimum atomic E-state index is -0.0388. The molecule has 1 aromatic carbocycles. The minimum Gasteiger partial charge on any atom is -0.425 e. The van der Waals surface area contributed by atoms with E-state index in [0.29, 0.717) is 31.2 Å². The smallest absolute Gasteiger partial charge is 0.220 e. The second-order valence-corrected chi connectivity index (χ2v) is 6.41. The molecule has 3 aromatic rings. The molecular weight excluding hydrogens is 342 g/mol. The number of hydrogen-bond acceptors (Lipinski definition) is 5. The highest BCUT2D eigenvalue weighted by Gasteiger charge is 2.09. The number of rotatable bonds is 10. The van der Waals surface area contributed by atoms with Gasteiger partial charge in [-0.2, -0.15) is 5.10 Å². The van der Waals surface area contributed by atoms with Crippen LogP contribution in [0.15, 0.2) is 47.1 Å². The molecule has 7 nitrogen and oxygen atoms in total. The van der Waals surface area contributed by atoms with Crippen LogP contribution in [0.4, 0.5) is 0 Å². The summed E-state index contributed by atoms with van der Waals surface area (Å²) in [6.07, 6.45) is 7.16. The van der Waals surface area contributed by atoms with E-state index in [1.54, 1.807) is 6.20 Å². The lowest BCUT2D eigenvalue weighted by Crippen LogP contribution is -2.22. The predicted molar refractivity (Wildman–Crippen MR) is 101 cm³/mol. The summed E-state index contributed by atoms with van der Waals surface area (Å²) in [6, 6.07) is 10.3. The zero-order valence-electron chi connectivity index (χ0n) is 15.6. The van der Waals surface area contributed by atoms with Crippen molar-refractivity contribution in [2.75, 3.05) is 0 Å². The summed E-state index contributed by atoms with van der Waals surface area (Å²) >= 11 is 0. The van der Waals surface area contributed by atoms with E-state index in [2.05, 4.69) is 32.7 Å². The van der Waals surface area contributed by atoms with Crippen LogP contribution in [0.1, 0.15) is 42.7 Å². The van der Waals surface area contributed by atoms with Crippen molar-refractivity contribution in [2.24, 2.45) is 0 Å². The lowest BCUT2D eigenvalue weighted by Gasteiger charge is -2.02. The van der Waals surface area contributed by atoms with E-state index in [9.17, 15) is 4.79 Å². The van der Waals surface area contributed by atoms with Gasteiger partial charge in [0.1, 0.15) is 0 Å². The molecule has 0 radical (unpaired) electrons. The lowest BCUT2D eigenvalue weighted by atomic mass is 10.1. The third-order valence-corrected chi connectivity index (χ3v) is 4.27. The van der Waals surface area contributed by atoms with E-state index >= 15 is 0 Å². The molecule has 3 rings (SSSR count). The molecule has 2 aromatic heterocycles. The second kappa shape index (κ2) is 9.66. The minimum absolute atomic E-state index is 0.0388. The van der Waals surface area contributed by atoms with Gasteiger partial charge in [-0.05, 0) is 25.3 Å². The van der Waals surface area contributed by atoms with Crippen LogP contribution in [0.3, 0.4) is 0 Å². The average molecular weight is 367 g/mol. The molecule has 0 saturated carbocycles. The Morgan fingerprint density at radius 3 is 2.59 bits per heavy atom. The van der Waals surface area contributed by atoms with Gasteiger partial charge >= 0.3 is 0 Å². The Kier molecular flexibility index (Phi) is 6.73.